The Morgan fingerprint density at radius 1 is 1.13 bits per heavy atom. The first-order valence-corrected chi connectivity index (χ1v) is 11.3. The van der Waals surface area contributed by atoms with Gasteiger partial charge < -0.3 is 10.1 Å². The molecule has 0 aliphatic rings. The Bertz CT molecular complexity index is 1220. The van der Waals surface area contributed by atoms with Crippen LogP contribution in [0.5, 0.6) is 5.75 Å². The molecule has 1 heterocycles. The number of nitrogens with zero attached hydrogens (tertiary/aromatic N) is 1. The number of sulfonamides is 1. The molecule has 3 aromatic rings. The fraction of sp³-hybridized carbons (Fsp3) is 0.0526. The van der Waals surface area contributed by atoms with Gasteiger partial charge in [0.25, 0.3) is 15.9 Å². The van der Waals surface area contributed by atoms with E-state index in [0.29, 0.717) is 15.9 Å². The predicted molar refractivity (Wildman–Crippen MR) is 120 cm³/mol. The number of hydrogen-bond acceptors (Lipinski definition) is 5. The smallest absolute Gasteiger partial charge is 0.261 e. The van der Waals surface area contributed by atoms with E-state index in [1.807, 2.05) is 0 Å². The topological polar surface area (TPSA) is 97.4 Å². The molecule has 0 spiro atoms. The predicted octanol–water partition coefficient (Wildman–Crippen LogP) is 5.21. The number of pyridine rings is 1. The summed E-state index contributed by atoms with van der Waals surface area (Å²) in [4.78, 5) is 16.2. The molecule has 30 heavy (non-hydrogen) atoms. The van der Waals surface area contributed by atoms with Crippen molar-refractivity contribution in [3.8, 4) is 5.75 Å². The van der Waals surface area contributed by atoms with Gasteiger partial charge in [-0.3, -0.25) is 9.52 Å². The van der Waals surface area contributed by atoms with Crippen LogP contribution in [0.2, 0.25) is 10.2 Å². The number of amides is 1. The van der Waals surface area contributed by atoms with Crippen LogP contribution in [0.15, 0.2) is 64.1 Å². The number of rotatable bonds is 6. The van der Waals surface area contributed by atoms with Crippen molar-refractivity contribution in [1.82, 2.24) is 4.98 Å². The van der Waals surface area contributed by atoms with Crippen LogP contribution < -0.4 is 14.8 Å². The minimum absolute atomic E-state index is 0.0154. The van der Waals surface area contributed by atoms with E-state index in [1.165, 1.54) is 37.6 Å². The van der Waals surface area contributed by atoms with Gasteiger partial charge >= 0.3 is 0 Å². The molecule has 0 fully saturated rings. The highest BCUT2D eigenvalue weighted by molar-refractivity contribution is 9.10. The number of carbonyl (C=O) groups excluding carboxylic acids is 1. The van der Waals surface area contributed by atoms with E-state index in [4.69, 9.17) is 27.9 Å². The molecule has 1 amide bonds. The molecular formula is C19H14BrCl2N3O4S. The molecule has 2 aromatic carbocycles. The summed E-state index contributed by atoms with van der Waals surface area (Å²) >= 11 is 15.4. The number of nitrogens with one attached hydrogen (secondary N) is 2. The van der Waals surface area contributed by atoms with Gasteiger partial charge in [-0.05, 0) is 64.5 Å². The van der Waals surface area contributed by atoms with Gasteiger partial charge in [-0.25, -0.2) is 13.4 Å². The molecule has 0 aliphatic carbocycles. The molecule has 2 N–H and O–H groups in total. The van der Waals surface area contributed by atoms with Crippen LogP contribution in [0.25, 0.3) is 0 Å². The van der Waals surface area contributed by atoms with Crippen molar-refractivity contribution < 1.29 is 17.9 Å². The molecule has 11 heteroatoms. The lowest BCUT2D eigenvalue weighted by Gasteiger charge is -2.13. The largest absolute Gasteiger partial charge is 0.496 e. The quantitative estimate of drug-likeness (QED) is 0.426. The van der Waals surface area contributed by atoms with E-state index < -0.39 is 15.9 Å². The zero-order valence-electron chi connectivity index (χ0n) is 15.3. The summed E-state index contributed by atoms with van der Waals surface area (Å²) in [5, 5.41) is 2.73. The normalized spacial score (nSPS) is 11.1. The van der Waals surface area contributed by atoms with Crippen LogP contribution in [0, 0.1) is 0 Å². The second-order valence-electron chi connectivity index (χ2n) is 5.89. The maximum absolute atomic E-state index is 12.8. The summed E-state index contributed by atoms with van der Waals surface area (Å²) in [5.41, 5.74) is 0.565. The third kappa shape index (κ3) is 5.04. The summed E-state index contributed by atoms with van der Waals surface area (Å²) in [6, 6.07) is 11.8. The van der Waals surface area contributed by atoms with Crippen molar-refractivity contribution in [3.05, 3.63) is 74.9 Å². The monoisotopic (exact) mass is 529 g/mol. The first-order chi connectivity index (χ1) is 14.2. The van der Waals surface area contributed by atoms with Crippen molar-refractivity contribution >= 4 is 66.4 Å². The molecule has 0 saturated heterocycles. The SMILES string of the molecule is COc1ccc(NS(=O)(=O)c2ccc(Cl)c(NC(=O)c3cccnc3Cl)c2)cc1Br. The number of hydrogen-bond donors (Lipinski definition) is 2. The van der Waals surface area contributed by atoms with Gasteiger partial charge in [0.1, 0.15) is 10.9 Å². The van der Waals surface area contributed by atoms with Gasteiger partial charge in [-0.15, -0.1) is 0 Å². The Morgan fingerprint density at radius 2 is 1.90 bits per heavy atom. The van der Waals surface area contributed by atoms with Crippen molar-refractivity contribution in [2.45, 2.75) is 4.90 Å². The first-order valence-electron chi connectivity index (χ1n) is 8.29. The number of halogens is 3. The molecule has 1 aromatic heterocycles. The van der Waals surface area contributed by atoms with Gasteiger partial charge in [0.2, 0.25) is 0 Å². The van der Waals surface area contributed by atoms with Crippen LogP contribution in [-0.2, 0) is 10.0 Å². The molecule has 0 radical (unpaired) electrons. The summed E-state index contributed by atoms with van der Waals surface area (Å²) in [6.45, 7) is 0. The van der Waals surface area contributed by atoms with E-state index in [1.54, 1.807) is 24.3 Å². The van der Waals surface area contributed by atoms with E-state index in [0.717, 1.165) is 0 Å². The van der Waals surface area contributed by atoms with E-state index in [2.05, 4.69) is 31.0 Å². The third-order valence-electron chi connectivity index (χ3n) is 3.90. The molecule has 156 valence electrons. The number of benzene rings is 2. The van der Waals surface area contributed by atoms with Crippen molar-refractivity contribution in [3.63, 3.8) is 0 Å². The highest BCUT2D eigenvalue weighted by Gasteiger charge is 2.19. The van der Waals surface area contributed by atoms with Crippen LogP contribution in [-0.4, -0.2) is 26.4 Å². The van der Waals surface area contributed by atoms with E-state index >= 15 is 0 Å². The Balaban J connectivity index is 1.87. The van der Waals surface area contributed by atoms with Gasteiger partial charge in [-0.1, -0.05) is 23.2 Å². The number of anilines is 2. The van der Waals surface area contributed by atoms with Crippen molar-refractivity contribution in [2.24, 2.45) is 0 Å². The maximum atomic E-state index is 12.8. The average Bonchev–Trinajstić information content (AvgIpc) is 2.69. The van der Waals surface area contributed by atoms with Crippen LogP contribution in [0.1, 0.15) is 10.4 Å². The summed E-state index contributed by atoms with van der Waals surface area (Å²) < 4.78 is 33.8. The molecule has 7 nitrogen and oxygen atoms in total. The summed E-state index contributed by atoms with van der Waals surface area (Å²) in [5.74, 6) is -0.0138. The zero-order valence-corrected chi connectivity index (χ0v) is 19.2. The fourth-order valence-electron chi connectivity index (χ4n) is 2.46. The lowest BCUT2D eigenvalue weighted by molar-refractivity contribution is 0.102. The van der Waals surface area contributed by atoms with E-state index in [-0.39, 0.29) is 26.3 Å². The van der Waals surface area contributed by atoms with Crippen molar-refractivity contribution in [2.75, 3.05) is 17.1 Å². The van der Waals surface area contributed by atoms with Gasteiger partial charge in [0.05, 0.1) is 38.4 Å². The number of ether oxygens (including phenoxy) is 1. The molecule has 0 saturated carbocycles. The Morgan fingerprint density at radius 3 is 2.57 bits per heavy atom. The Kier molecular flexibility index (Phi) is 6.87. The Hall–Kier alpha value is -2.33. The fourth-order valence-corrected chi connectivity index (χ4v) is 4.44. The number of methoxy groups -OCH3 is 1. The highest BCUT2D eigenvalue weighted by Crippen LogP contribution is 2.30. The standard InChI is InChI=1S/C19H14BrCl2N3O4S/c1-29-17-7-4-11(9-14(17)20)25-30(27,28)12-5-6-15(21)16(10-12)24-19(26)13-3-2-8-23-18(13)22/h2-10,25H,1H3,(H,24,26). The van der Waals surface area contributed by atoms with Crippen molar-refractivity contribution in [1.29, 1.82) is 0 Å². The second kappa shape index (κ2) is 9.22. The van der Waals surface area contributed by atoms with Crippen LogP contribution in [0.4, 0.5) is 11.4 Å². The number of aromatic nitrogens is 1. The van der Waals surface area contributed by atoms with Crippen LogP contribution in [0.3, 0.4) is 0 Å². The lowest BCUT2D eigenvalue weighted by Crippen LogP contribution is -2.16. The second-order valence-corrected chi connectivity index (χ2v) is 9.19. The molecule has 0 bridgehead atoms. The maximum Gasteiger partial charge on any atom is 0.261 e. The summed E-state index contributed by atoms with van der Waals surface area (Å²) in [7, 11) is -2.45. The molecule has 0 atom stereocenters. The van der Waals surface area contributed by atoms with Crippen LogP contribution >= 0.6 is 39.1 Å². The third-order valence-corrected chi connectivity index (χ3v) is 6.53. The minimum atomic E-state index is -3.96. The minimum Gasteiger partial charge on any atom is -0.496 e. The zero-order chi connectivity index (χ0) is 21.9. The summed E-state index contributed by atoms with van der Waals surface area (Å²) in [6.07, 6.45) is 1.45. The van der Waals surface area contributed by atoms with Gasteiger partial charge in [0, 0.05) is 6.20 Å². The highest BCUT2D eigenvalue weighted by atomic mass is 79.9. The van der Waals surface area contributed by atoms with E-state index in [9.17, 15) is 13.2 Å². The van der Waals surface area contributed by atoms with Gasteiger partial charge in [0.15, 0.2) is 0 Å². The molecule has 3 rings (SSSR count). The molecule has 0 aliphatic heterocycles. The lowest BCUT2D eigenvalue weighted by atomic mass is 10.2. The first kappa shape index (κ1) is 22.4. The van der Waals surface area contributed by atoms with Gasteiger partial charge in [-0.2, -0.15) is 0 Å². The number of carbonyl (C=O) groups is 1. The molecule has 0 unspecified atom stereocenters. The Labute approximate surface area is 191 Å². The molecular weight excluding hydrogens is 517 g/mol. The average molecular weight is 531 g/mol.